The van der Waals surface area contributed by atoms with Crippen LogP contribution in [-0.2, 0) is 0 Å². The summed E-state index contributed by atoms with van der Waals surface area (Å²) in [6.45, 7) is 4.32. The van der Waals surface area contributed by atoms with Crippen LogP contribution in [0.5, 0.6) is 5.75 Å². The Labute approximate surface area is 131 Å². The smallest absolute Gasteiger partial charge is 0.124 e. The van der Waals surface area contributed by atoms with Crippen LogP contribution >= 0.6 is 27.5 Å². The number of hydrogen-bond donors (Lipinski definition) is 0. The largest absolute Gasteiger partial charge is 0.494 e. The standard InChI is InChI=1S/C16H15BrClFO/c1-3-20-15-5-4-12(17)9-14(15)16(18)11-6-10(2)7-13(19)8-11/h4-9,16H,3H2,1-2H3. The third kappa shape index (κ3) is 3.53. The minimum atomic E-state index is -0.455. The Morgan fingerprint density at radius 1 is 1.25 bits per heavy atom. The van der Waals surface area contributed by atoms with Gasteiger partial charge >= 0.3 is 0 Å². The lowest BCUT2D eigenvalue weighted by Gasteiger charge is -2.16. The van der Waals surface area contributed by atoms with Crippen LogP contribution in [0.15, 0.2) is 40.9 Å². The maximum Gasteiger partial charge on any atom is 0.124 e. The van der Waals surface area contributed by atoms with E-state index in [-0.39, 0.29) is 5.82 Å². The molecule has 2 rings (SSSR count). The molecule has 4 heteroatoms. The van der Waals surface area contributed by atoms with E-state index in [1.165, 1.54) is 12.1 Å². The maximum atomic E-state index is 13.5. The first-order chi connectivity index (χ1) is 9.51. The van der Waals surface area contributed by atoms with E-state index in [0.29, 0.717) is 6.61 Å². The van der Waals surface area contributed by atoms with Crippen molar-refractivity contribution in [3.63, 3.8) is 0 Å². The van der Waals surface area contributed by atoms with Gasteiger partial charge in [-0.15, -0.1) is 11.6 Å². The molecule has 106 valence electrons. The molecular weight excluding hydrogens is 343 g/mol. The highest BCUT2D eigenvalue weighted by Gasteiger charge is 2.17. The van der Waals surface area contributed by atoms with E-state index < -0.39 is 5.38 Å². The Hall–Kier alpha value is -1.06. The molecule has 0 spiro atoms. The third-order valence-corrected chi connectivity index (χ3v) is 3.88. The molecule has 0 aliphatic heterocycles. The number of hydrogen-bond acceptors (Lipinski definition) is 1. The van der Waals surface area contributed by atoms with Crippen molar-refractivity contribution in [3.8, 4) is 5.75 Å². The number of ether oxygens (including phenoxy) is 1. The average Bonchev–Trinajstić information content (AvgIpc) is 2.39. The molecule has 0 N–H and O–H groups in total. The molecular formula is C16H15BrClFO. The predicted molar refractivity (Wildman–Crippen MR) is 84.1 cm³/mol. The molecule has 0 saturated carbocycles. The van der Waals surface area contributed by atoms with Gasteiger partial charge in [0.2, 0.25) is 0 Å². The first-order valence-electron chi connectivity index (χ1n) is 6.34. The number of alkyl halides is 1. The summed E-state index contributed by atoms with van der Waals surface area (Å²) in [6.07, 6.45) is 0. The van der Waals surface area contributed by atoms with Crippen LogP contribution < -0.4 is 4.74 Å². The summed E-state index contributed by atoms with van der Waals surface area (Å²) in [5, 5.41) is -0.455. The molecule has 0 amide bonds. The monoisotopic (exact) mass is 356 g/mol. The van der Waals surface area contributed by atoms with Crippen molar-refractivity contribution in [2.75, 3.05) is 6.61 Å². The van der Waals surface area contributed by atoms with Crippen molar-refractivity contribution >= 4 is 27.5 Å². The fourth-order valence-electron chi connectivity index (χ4n) is 2.09. The molecule has 2 aromatic rings. The summed E-state index contributed by atoms with van der Waals surface area (Å²) in [7, 11) is 0. The van der Waals surface area contributed by atoms with Crippen molar-refractivity contribution in [2.45, 2.75) is 19.2 Å². The van der Waals surface area contributed by atoms with E-state index in [2.05, 4.69) is 15.9 Å². The van der Waals surface area contributed by atoms with Crippen LogP contribution in [0.3, 0.4) is 0 Å². The molecule has 0 heterocycles. The number of rotatable bonds is 4. The zero-order chi connectivity index (χ0) is 14.7. The van der Waals surface area contributed by atoms with Gasteiger partial charge in [0.15, 0.2) is 0 Å². The Kier molecular flexibility index (Phi) is 5.06. The molecule has 2 aromatic carbocycles. The van der Waals surface area contributed by atoms with Gasteiger partial charge < -0.3 is 4.74 Å². The fraction of sp³-hybridized carbons (Fsp3) is 0.250. The van der Waals surface area contributed by atoms with Gasteiger partial charge in [0.25, 0.3) is 0 Å². The SMILES string of the molecule is CCOc1ccc(Br)cc1C(Cl)c1cc(C)cc(F)c1. The van der Waals surface area contributed by atoms with Gasteiger partial charge in [0.05, 0.1) is 12.0 Å². The van der Waals surface area contributed by atoms with Crippen LogP contribution in [0.4, 0.5) is 4.39 Å². The lowest BCUT2D eigenvalue weighted by Crippen LogP contribution is -2.01. The number of benzene rings is 2. The molecule has 20 heavy (non-hydrogen) atoms. The zero-order valence-corrected chi connectivity index (χ0v) is 13.6. The minimum absolute atomic E-state index is 0.279. The van der Waals surface area contributed by atoms with E-state index >= 15 is 0 Å². The first kappa shape index (κ1) is 15.3. The molecule has 1 nitrogen and oxygen atoms in total. The second-order valence-electron chi connectivity index (χ2n) is 4.54. The number of aryl methyl sites for hydroxylation is 1. The predicted octanol–water partition coefficient (Wildman–Crippen LogP) is 5.62. The van der Waals surface area contributed by atoms with Gasteiger partial charge in [-0.25, -0.2) is 4.39 Å². The van der Waals surface area contributed by atoms with Crippen LogP contribution in [0.2, 0.25) is 0 Å². The quantitative estimate of drug-likeness (QED) is 0.645. The second-order valence-corrected chi connectivity index (χ2v) is 5.89. The van der Waals surface area contributed by atoms with E-state index in [1.54, 1.807) is 0 Å². The van der Waals surface area contributed by atoms with Gasteiger partial charge in [0, 0.05) is 10.0 Å². The Balaban J connectivity index is 2.46. The summed E-state index contributed by atoms with van der Waals surface area (Å²) in [5.41, 5.74) is 2.40. The molecule has 0 bridgehead atoms. The summed E-state index contributed by atoms with van der Waals surface area (Å²) < 4.78 is 20.0. The average molecular weight is 358 g/mol. The first-order valence-corrected chi connectivity index (χ1v) is 7.57. The number of halogens is 3. The van der Waals surface area contributed by atoms with E-state index in [1.807, 2.05) is 38.1 Å². The lowest BCUT2D eigenvalue weighted by molar-refractivity contribution is 0.337. The van der Waals surface area contributed by atoms with E-state index in [0.717, 1.165) is 26.9 Å². The summed E-state index contributed by atoms with van der Waals surface area (Å²) in [5.74, 6) is 0.441. The van der Waals surface area contributed by atoms with Crippen molar-refractivity contribution in [3.05, 3.63) is 63.4 Å². The molecule has 0 fully saturated rings. The second kappa shape index (κ2) is 6.59. The fourth-order valence-corrected chi connectivity index (χ4v) is 2.77. The molecule has 0 aliphatic rings. The molecule has 0 aromatic heterocycles. The van der Waals surface area contributed by atoms with E-state index in [4.69, 9.17) is 16.3 Å². The Bertz CT molecular complexity index is 595. The molecule has 0 aliphatic carbocycles. The summed E-state index contributed by atoms with van der Waals surface area (Å²) >= 11 is 9.95. The van der Waals surface area contributed by atoms with Crippen LogP contribution in [0, 0.1) is 12.7 Å². The van der Waals surface area contributed by atoms with Gasteiger partial charge in [-0.3, -0.25) is 0 Å². The third-order valence-electron chi connectivity index (χ3n) is 2.90. The van der Waals surface area contributed by atoms with Crippen molar-refractivity contribution < 1.29 is 9.13 Å². The molecule has 0 radical (unpaired) electrons. The van der Waals surface area contributed by atoms with Crippen LogP contribution in [0.25, 0.3) is 0 Å². The summed E-state index contributed by atoms with van der Waals surface area (Å²) in [6, 6.07) is 10.5. The highest BCUT2D eigenvalue weighted by atomic mass is 79.9. The Morgan fingerprint density at radius 2 is 2.00 bits per heavy atom. The van der Waals surface area contributed by atoms with Crippen molar-refractivity contribution in [1.29, 1.82) is 0 Å². The summed E-state index contributed by atoms with van der Waals surface area (Å²) in [4.78, 5) is 0. The highest BCUT2D eigenvalue weighted by Crippen LogP contribution is 2.37. The van der Waals surface area contributed by atoms with Gasteiger partial charge in [-0.1, -0.05) is 22.0 Å². The topological polar surface area (TPSA) is 9.23 Å². The molecule has 1 atom stereocenters. The van der Waals surface area contributed by atoms with Crippen LogP contribution in [0.1, 0.15) is 29.0 Å². The van der Waals surface area contributed by atoms with Crippen molar-refractivity contribution in [1.82, 2.24) is 0 Å². The normalized spacial score (nSPS) is 12.2. The van der Waals surface area contributed by atoms with E-state index in [9.17, 15) is 4.39 Å². The van der Waals surface area contributed by atoms with Gasteiger partial charge in [0.1, 0.15) is 11.6 Å². The van der Waals surface area contributed by atoms with Crippen molar-refractivity contribution in [2.24, 2.45) is 0 Å². The lowest BCUT2D eigenvalue weighted by atomic mass is 10.0. The zero-order valence-electron chi connectivity index (χ0n) is 11.3. The van der Waals surface area contributed by atoms with Gasteiger partial charge in [-0.2, -0.15) is 0 Å². The van der Waals surface area contributed by atoms with Gasteiger partial charge in [-0.05, 0) is 55.3 Å². The highest BCUT2D eigenvalue weighted by molar-refractivity contribution is 9.10. The Morgan fingerprint density at radius 3 is 2.65 bits per heavy atom. The minimum Gasteiger partial charge on any atom is -0.494 e. The van der Waals surface area contributed by atoms with Crippen LogP contribution in [-0.4, -0.2) is 6.61 Å². The maximum absolute atomic E-state index is 13.5. The molecule has 1 unspecified atom stereocenters. The molecule has 0 saturated heterocycles.